The second kappa shape index (κ2) is 5.20. The van der Waals surface area contributed by atoms with E-state index in [2.05, 4.69) is 25.9 Å². The average molecular weight is 249 g/mol. The van der Waals surface area contributed by atoms with Gasteiger partial charge in [-0.3, -0.25) is 4.79 Å². The van der Waals surface area contributed by atoms with Gasteiger partial charge in [-0.15, -0.1) is 0 Å². The fraction of sp³-hybridized carbons (Fsp3) is 0.583. The number of anilines is 2. The highest BCUT2D eigenvalue weighted by Gasteiger charge is 2.25. The van der Waals surface area contributed by atoms with Crippen LogP contribution in [0.2, 0.25) is 0 Å². The zero-order valence-corrected chi connectivity index (χ0v) is 10.9. The maximum atomic E-state index is 11.8. The summed E-state index contributed by atoms with van der Waals surface area (Å²) in [5, 5.41) is 9.01. The summed E-state index contributed by atoms with van der Waals surface area (Å²) < 4.78 is 0. The third-order valence-electron chi connectivity index (χ3n) is 2.78. The molecule has 0 aliphatic heterocycles. The smallest absolute Gasteiger partial charge is 0.242 e. The molecular formula is C12H19N5O. The summed E-state index contributed by atoms with van der Waals surface area (Å²) in [7, 11) is 1.80. The van der Waals surface area contributed by atoms with Gasteiger partial charge in [0.2, 0.25) is 5.91 Å². The lowest BCUT2D eigenvalue weighted by Crippen LogP contribution is -2.38. The minimum Gasteiger partial charge on any atom is -0.373 e. The summed E-state index contributed by atoms with van der Waals surface area (Å²) in [6, 6.07) is 1.86. The van der Waals surface area contributed by atoms with Crippen molar-refractivity contribution in [3.05, 3.63) is 11.9 Å². The second-order valence-electron chi connectivity index (χ2n) is 4.58. The third-order valence-corrected chi connectivity index (χ3v) is 2.78. The Labute approximate surface area is 107 Å². The predicted molar refractivity (Wildman–Crippen MR) is 70.6 cm³/mol. The molecule has 3 N–H and O–H groups in total. The van der Waals surface area contributed by atoms with Crippen molar-refractivity contribution >= 4 is 17.5 Å². The van der Waals surface area contributed by atoms with Gasteiger partial charge in [0.15, 0.2) is 0 Å². The first-order chi connectivity index (χ1) is 8.58. The van der Waals surface area contributed by atoms with Crippen LogP contribution in [0.25, 0.3) is 0 Å². The van der Waals surface area contributed by atoms with Gasteiger partial charge in [-0.25, -0.2) is 9.97 Å². The molecule has 0 radical (unpaired) electrons. The van der Waals surface area contributed by atoms with Crippen molar-refractivity contribution in [1.29, 1.82) is 0 Å². The molecule has 1 fully saturated rings. The van der Waals surface area contributed by atoms with Crippen LogP contribution in [0.3, 0.4) is 0 Å². The molecule has 6 nitrogen and oxygen atoms in total. The van der Waals surface area contributed by atoms with Crippen LogP contribution in [0.4, 0.5) is 11.6 Å². The minimum atomic E-state index is -0.301. The van der Waals surface area contributed by atoms with E-state index in [1.807, 2.05) is 13.8 Å². The van der Waals surface area contributed by atoms with Crippen molar-refractivity contribution in [3.63, 3.8) is 0 Å². The number of amides is 1. The second-order valence-corrected chi connectivity index (χ2v) is 4.58. The minimum absolute atomic E-state index is 0.0137. The van der Waals surface area contributed by atoms with Crippen molar-refractivity contribution in [2.45, 2.75) is 38.8 Å². The number of carbonyl (C=O) groups is 1. The Bertz CT molecular complexity index is 444. The topological polar surface area (TPSA) is 78.9 Å². The molecule has 1 amide bonds. The molecule has 0 saturated heterocycles. The van der Waals surface area contributed by atoms with E-state index in [0.29, 0.717) is 17.7 Å². The highest BCUT2D eigenvalue weighted by Crippen LogP contribution is 2.19. The van der Waals surface area contributed by atoms with Crippen LogP contribution in [0.5, 0.6) is 0 Å². The molecule has 1 saturated carbocycles. The number of nitrogens with one attached hydrogen (secondary N) is 3. The van der Waals surface area contributed by atoms with Gasteiger partial charge in [-0.1, -0.05) is 0 Å². The van der Waals surface area contributed by atoms with Crippen LogP contribution in [0.15, 0.2) is 6.07 Å². The number of aryl methyl sites for hydroxylation is 1. The Balaban J connectivity index is 1.98. The summed E-state index contributed by atoms with van der Waals surface area (Å²) >= 11 is 0. The molecule has 1 aliphatic carbocycles. The fourth-order valence-electron chi connectivity index (χ4n) is 1.61. The maximum absolute atomic E-state index is 11.8. The Hall–Kier alpha value is -1.85. The first-order valence-corrected chi connectivity index (χ1v) is 6.19. The fourth-order valence-corrected chi connectivity index (χ4v) is 1.61. The molecule has 6 heteroatoms. The van der Waals surface area contributed by atoms with Crippen LogP contribution in [-0.4, -0.2) is 35.0 Å². The average Bonchev–Trinajstić information content (AvgIpc) is 3.11. The van der Waals surface area contributed by atoms with E-state index in [9.17, 15) is 4.79 Å². The Kier molecular flexibility index (Phi) is 3.64. The molecule has 0 aromatic carbocycles. The van der Waals surface area contributed by atoms with Crippen molar-refractivity contribution in [1.82, 2.24) is 15.3 Å². The number of aromatic nitrogens is 2. The quantitative estimate of drug-likeness (QED) is 0.722. The van der Waals surface area contributed by atoms with Crippen molar-refractivity contribution in [3.8, 4) is 0 Å². The zero-order chi connectivity index (χ0) is 13.1. The number of nitrogens with zero attached hydrogens (tertiary/aromatic N) is 2. The lowest BCUT2D eigenvalue weighted by Gasteiger charge is -2.15. The first kappa shape index (κ1) is 12.6. The van der Waals surface area contributed by atoms with Crippen LogP contribution in [0, 0.1) is 6.92 Å². The summed E-state index contributed by atoms with van der Waals surface area (Å²) in [5.74, 6) is 2.07. The van der Waals surface area contributed by atoms with Gasteiger partial charge in [0, 0.05) is 19.2 Å². The first-order valence-electron chi connectivity index (χ1n) is 6.19. The highest BCUT2D eigenvalue weighted by molar-refractivity contribution is 5.84. The van der Waals surface area contributed by atoms with Crippen molar-refractivity contribution in [2.24, 2.45) is 0 Å². The summed E-state index contributed by atoms with van der Waals surface area (Å²) in [4.78, 5) is 20.3. The zero-order valence-electron chi connectivity index (χ0n) is 10.9. The standard InChI is InChI=1S/C12H19N5O/c1-7(12(18)17-9-4-5-9)14-11-6-10(13-3)15-8(2)16-11/h6-7,9H,4-5H2,1-3H3,(H,17,18)(H2,13,14,15,16). The van der Waals surface area contributed by atoms with E-state index in [4.69, 9.17) is 0 Å². The van der Waals surface area contributed by atoms with Crippen LogP contribution in [0.1, 0.15) is 25.6 Å². The normalized spacial score (nSPS) is 15.9. The lowest BCUT2D eigenvalue weighted by atomic mass is 10.3. The van der Waals surface area contributed by atoms with Gasteiger partial charge in [0.25, 0.3) is 0 Å². The molecule has 2 rings (SSSR count). The van der Waals surface area contributed by atoms with Crippen LogP contribution >= 0.6 is 0 Å². The van der Waals surface area contributed by atoms with Gasteiger partial charge in [-0.05, 0) is 26.7 Å². The number of hydrogen-bond acceptors (Lipinski definition) is 5. The van der Waals surface area contributed by atoms with Gasteiger partial charge in [0.05, 0.1) is 0 Å². The largest absolute Gasteiger partial charge is 0.373 e. The van der Waals surface area contributed by atoms with E-state index in [-0.39, 0.29) is 11.9 Å². The van der Waals surface area contributed by atoms with Crippen molar-refractivity contribution < 1.29 is 4.79 Å². The monoisotopic (exact) mass is 249 g/mol. The van der Waals surface area contributed by atoms with E-state index in [1.165, 1.54) is 0 Å². The molecule has 0 spiro atoms. The van der Waals surface area contributed by atoms with Crippen molar-refractivity contribution in [2.75, 3.05) is 17.7 Å². The van der Waals surface area contributed by atoms with Crippen LogP contribution in [-0.2, 0) is 4.79 Å². The molecule has 1 atom stereocenters. The Morgan fingerprint density at radius 1 is 1.39 bits per heavy atom. The summed E-state index contributed by atoms with van der Waals surface area (Å²) in [5.41, 5.74) is 0. The van der Waals surface area contributed by atoms with E-state index in [1.54, 1.807) is 13.1 Å². The molecule has 98 valence electrons. The maximum Gasteiger partial charge on any atom is 0.242 e. The summed E-state index contributed by atoms with van der Waals surface area (Å²) in [6.07, 6.45) is 2.18. The van der Waals surface area contributed by atoms with Crippen LogP contribution < -0.4 is 16.0 Å². The molecule has 1 unspecified atom stereocenters. The molecule has 1 aromatic heterocycles. The molecule has 0 bridgehead atoms. The number of carbonyl (C=O) groups excluding carboxylic acids is 1. The Morgan fingerprint density at radius 3 is 2.67 bits per heavy atom. The third kappa shape index (κ3) is 3.32. The summed E-state index contributed by atoms with van der Waals surface area (Å²) in [6.45, 7) is 3.65. The number of rotatable bonds is 5. The molecule has 1 heterocycles. The number of hydrogen-bond donors (Lipinski definition) is 3. The Morgan fingerprint density at radius 2 is 2.06 bits per heavy atom. The van der Waals surface area contributed by atoms with Gasteiger partial charge >= 0.3 is 0 Å². The van der Waals surface area contributed by atoms with E-state index >= 15 is 0 Å². The van der Waals surface area contributed by atoms with E-state index < -0.39 is 0 Å². The SMILES string of the molecule is CNc1cc(NC(C)C(=O)NC2CC2)nc(C)n1. The van der Waals surface area contributed by atoms with Gasteiger partial charge < -0.3 is 16.0 Å². The molecular weight excluding hydrogens is 230 g/mol. The highest BCUT2D eigenvalue weighted by atomic mass is 16.2. The predicted octanol–water partition coefficient (Wildman–Crippen LogP) is 0.906. The molecule has 1 aliphatic rings. The van der Waals surface area contributed by atoms with E-state index in [0.717, 1.165) is 18.7 Å². The lowest BCUT2D eigenvalue weighted by molar-refractivity contribution is -0.121. The van der Waals surface area contributed by atoms with Gasteiger partial charge in [0.1, 0.15) is 23.5 Å². The molecule has 18 heavy (non-hydrogen) atoms. The van der Waals surface area contributed by atoms with Gasteiger partial charge in [-0.2, -0.15) is 0 Å². The molecule has 1 aromatic rings.